The van der Waals surface area contributed by atoms with Gasteiger partial charge in [0.05, 0.1) is 0 Å². The lowest BCUT2D eigenvalue weighted by molar-refractivity contribution is -0.138. The molecule has 1 rings (SSSR count). The highest BCUT2D eigenvalue weighted by atomic mass is 16.5. The molecule has 0 saturated heterocycles. The Morgan fingerprint density at radius 3 is 2.60 bits per heavy atom. The minimum atomic E-state index is -0.457. The van der Waals surface area contributed by atoms with E-state index in [9.17, 15) is 9.59 Å². The van der Waals surface area contributed by atoms with E-state index in [1.54, 1.807) is 0 Å². The number of ketones is 2. The molecule has 1 atom stereocenters. The van der Waals surface area contributed by atoms with Crippen molar-refractivity contribution in [2.24, 2.45) is 0 Å². The molecule has 0 aromatic carbocycles. The van der Waals surface area contributed by atoms with Crippen molar-refractivity contribution in [1.82, 2.24) is 0 Å². The van der Waals surface area contributed by atoms with Gasteiger partial charge in [-0.15, -0.1) is 0 Å². The van der Waals surface area contributed by atoms with Crippen molar-refractivity contribution in [3.63, 3.8) is 0 Å². The molecule has 1 aliphatic rings. The van der Waals surface area contributed by atoms with Gasteiger partial charge in [0, 0.05) is 26.4 Å². The van der Waals surface area contributed by atoms with E-state index in [4.69, 9.17) is 4.74 Å². The summed E-state index contributed by atoms with van der Waals surface area (Å²) in [5, 5.41) is 0. The van der Waals surface area contributed by atoms with Crippen molar-refractivity contribution >= 4 is 11.6 Å². The summed E-state index contributed by atoms with van der Waals surface area (Å²) in [5.41, 5.74) is 0. The van der Waals surface area contributed by atoms with Crippen LogP contribution in [0.15, 0.2) is 0 Å². The highest BCUT2D eigenvalue weighted by Crippen LogP contribution is 2.13. The molecule has 56 valence electrons. The predicted molar refractivity (Wildman–Crippen MR) is 34.7 cm³/mol. The molecule has 3 nitrogen and oxygen atoms in total. The van der Waals surface area contributed by atoms with E-state index >= 15 is 0 Å². The van der Waals surface area contributed by atoms with Crippen molar-refractivity contribution in [3.05, 3.63) is 0 Å². The standard InChI is InChI=1S/C7H10O3/c1-10-7-4-5(8)2-3-6(7)9/h7H,2-4H2,1H3. The van der Waals surface area contributed by atoms with Gasteiger partial charge in [0.1, 0.15) is 11.9 Å². The van der Waals surface area contributed by atoms with Gasteiger partial charge in [-0.1, -0.05) is 0 Å². The van der Waals surface area contributed by atoms with Crippen LogP contribution in [0.1, 0.15) is 19.3 Å². The van der Waals surface area contributed by atoms with E-state index < -0.39 is 6.10 Å². The minimum absolute atomic E-state index is 0.0575. The first-order chi connectivity index (χ1) is 4.74. The minimum Gasteiger partial charge on any atom is -0.373 e. The molecule has 3 heteroatoms. The Morgan fingerprint density at radius 2 is 2.10 bits per heavy atom. The SMILES string of the molecule is COC1CC(=O)CCC1=O. The van der Waals surface area contributed by atoms with Crippen molar-refractivity contribution in [1.29, 1.82) is 0 Å². The fourth-order valence-electron chi connectivity index (χ4n) is 1.06. The molecule has 0 heterocycles. The molecule has 1 aliphatic carbocycles. The third-order valence-corrected chi connectivity index (χ3v) is 1.71. The normalized spacial score (nSPS) is 27.1. The first kappa shape index (κ1) is 7.41. The first-order valence-corrected chi connectivity index (χ1v) is 3.31. The molecule has 1 fully saturated rings. The van der Waals surface area contributed by atoms with Crippen LogP contribution in [0.3, 0.4) is 0 Å². The van der Waals surface area contributed by atoms with Crippen LogP contribution in [0.2, 0.25) is 0 Å². The third-order valence-electron chi connectivity index (χ3n) is 1.71. The molecule has 0 bridgehead atoms. The summed E-state index contributed by atoms with van der Waals surface area (Å²) in [6.45, 7) is 0. The lowest BCUT2D eigenvalue weighted by Gasteiger charge is -2.17. The first-order valence-electron chi connectivity index (χ1n) is 3.31. The fourth-order valence-corrected chi connectivity index (χ4v) is 1.06. The average molecular weight is 142 g/mol. The highest BCUT2D eigenvalue weighted by Gasteiger charge is 2.26. The van der Waals surface area contributed by atoms with Crippen LogP contribution < -0.4 is 0 Å². The predicted octanol–water partition coefficient (Wildman–Crippen LogP) is 0.323. The maximum atomic E-state index is 10.9. The monoisotopic (exact) mass is 142 g/mol. The van der Waals surface area contributed by atoms with E-state index in [1.165, 1.54) is 7.11 Å². The molecular formula is C7H10O3. The second-order valence-corrected chi connectivity index (χ2v) is 2.43. The van der Waals surface area contributed by atoms with Gasteiger partial charge in [0.2, 0.25) is 0 Å². The summed E-state index contributed by atoms with van der Waals surface area (Å²) in [4.78, 5) is 21.6. The van der Waals surface area contributed by atoms with E-state index in [0.717, 1.165) is 0 Å². The second-order valence-electron chi connectivity index (χ2n) is 2.43. The largest absolute Gasteiger partial charge is 0.373 e. The number of methoxy groups -OCH3 is 1. The van der Waals surface area contributed by atoms with E-state index in [2.05, 4.69) is 0 Å². The summed E-state index contributed by atoms with van der Waals surface area (Å²) in [6, 6.07) is 0. The molecule has 0 aromatic heterocycles. The summed E-state index contributed by atoms with van der Waals surface area (Å²) >= 11 is 0. The number of Topliss-reactive ketones (excluding diaryl/α,β-unsaturated/α-hetero) is 2. The van der Waals surface area contributed by atoms with Gasteiger partial charge in [0.25, 0.3) is 0 Å². The van der Waals surface area contributed by atoms with Gasteiger partial charge in [-0.2, -0.15) is 0 Å². The fraction of sp³-hybridized carbons (Fsp3) is 0.714. The lowest BCUT2D eigenvalue weighted by atomic mass is 9.95. The van der Waals surface area contributed by atoms with E-state index in [1.807, 2.05) is 0 Å². The molecule has 0 N–H and O–H groups in total. The number of carbonyl (C=O) groups is 2. The van der Waals surface area contributed by atoms with Gasteiger partial charge < -0.3 is 4.74 Å². The maximum Gasteiger partial charge on any atom is 0.162 e. The Balaban J connectivity index is 2.53. The summed E-state index contributed by atoms with van der Waals surface area (Å²) in [6.07, 6.45) is 0.576. The molecule has 0 amide bonds. The topological polar surface area (TPSA) is 43.4 Å². The van der Waals surface area contributed by atoms with Crippen LogP contribution in [-0.4, -0.2) is 24.8 Å². The maximum absolute atomic E-state index is 10.9. The van der Waals surface area contributed by atoms with Crippen molar-refractivity contribution in [2.75, 3.05) is 7.11 Å². The number of carbonyl (C=O) groups excluding carboxylic acids is 2. The van der Waals surface area contributed by atoms with Gasteiger partial charge >= 0.3 is 0 Å². The molecule has 1 unspecified atom stereocenters. The Morgan fingerprint density at radius 1 is 1.40 bits per heavy atom. The quantitative estimate of drug-likeness (QED) is 0.529. The Labute approximate surface area is 59.4 Å². The second kappa shape index (κ2) is 2.92. The van der Waals surface area contributed by atoms with Crippen molar-refractivity contribution in [3.8, 4) is 0 Å². The van der Waals surface area contributed by atoms with Crippen LogP contribution in [0, 0.1) is 0 Å². The number of hydrogen-bond donors (Lipinski definition) is 0. The van der Waals surface area contributed by atoms with Crippen LogP contribution in [-0.2, 0) is 14.3 Å². The zero-order valence-corrected chi connectivity index (χ0v) is 5.92. The van der Waals surface area contributed by atoms with Crippen LogP contribution in [0.5, 0.6) is 0 Å². The molecule has 0 aliphatic heterocycles. The zero-order valence-electron chi connectivity index (χ0n) is 5.92. The molecule has 1 saturated carbocycles. The van der Waals surface area contributed by atoms with E-state index in [0.29, 0.717) is 12.8 Å². The van der Waals surface area contributed by atoms with Crippen LogP contribution in [0.25, 0.3) is 0 Å². The summed E-state index contributed by atoms with van der Waals surface area (Å²) in [7, 11) is 1.46. The van der Waals surface area contributed by atoms with Crippen molar-refractivity contribution < 1.29 is 14.3 Å². The molecule has 10 heavy (non-hydrogen) atoms. The Hall–Kier alpha value is -0.700. The zero-order chi connectivity index (χ0) is 7.56. The van der Waals surface area contributed by atoms with Gasteiger partial charge in [0.15, 0.2) is 5.78 Å². The van der Waals surface area contributed by atoms with Crippen molar-refractivity contribution in [2.45, 2.75) is 25.4 Å². The van der Waals surface area contributed by atoms with E-state index in [-0.39, 0.29) is 18.0 Å². The van der Waals surface area contributed by atoms with Gasteiger partial charge in [-0.3, -0.25) is 9.59 Å². The molecular weight excluding hydrogens is 132 g/mol. The molecule has 0 spiro atoms. The summed E-state index contributed by atoms with van der Waals surface area (Å²) in [5.74, 6) is 0.188. The average Bonchev–Trinajstić information content (AvgIpc) is 1.94. The summed E-state index contributed by atoms with van der Waals surface area (Å²) < 4.78 is 4.80. The smallest absolute Gasteiger partial charge is 0.162 e. The Kier molecular flexibility index (Phi) is 2.17. The number of rotatable bonds is 1. The van der Waals surface area contributed by atoms with Gasteiger partial charge in [-0.05, 0) is 0 Å². The molecule has 0 aromatic rings. The lowest BCUT2D eigenvalue weighted by Crippen LogP contribution is -2.31. The highest BCUT2D eigenvalue weighted by molar-refractivity contribution is 5.96. The molecule has 0 radical (unpaired) electrons. The van der Waals surface area contributed by atoms with Crippen LogP contribution in [0.4, 0.5) is 0 Å². The van der Waals surface area contributed by atoms with Crippen LogP contribution >= 0.6 is 0 Å². The third kappa shape index (κ3) is 1.42. The number of hydrogen-bond acceptors (Lipinski definition) is 3. The number of ether oxygens (including phenoxy) is 1. The van der Waals surface area contributed by atoms with Gasteiger partial charge in [-0.25, -0.2) is 0 Å². The Bertz CT molecular complexity index is 162.